The minimum Gasteiger partial charge on any atom is -0.368 e. The lowest BCUT2D eigenvalue weighted by atomic mass is 9.69. The summed E-state index contributed by atoms with van der Waals surface area (Å²) in [6.45, 7) is 16.2. The summed E-state index contributed by atoms with van der Waals surface area (Å²) in [5, 5.41) is 8.99. The number of benzene rings is 1. The fourth-order valence-electron chi connectivity index (χ4n) is 7.04. The number of hydrogen-bond donors (Lipinski definition) is 0. The van der Waals surface area contributed by atoms with Gasteiger partial charge in [0.2, 0.25) is 0 Å². The van der Waals surface area contributed by atoms with Crippen molar-refractivity contribution in [1.29, 1.82) is 5.26 Å². The molecule has 1 amide bonds. The van der Waals surface area contributed by atoms with Crippen LogP contribution in [0, 0.1) is 46.8 Å². The Morgan fingerprint density at radius 2 is 1.47 bits per heavy atom. The van der Waals surface area contributed by atoms with Gasteiger partial charge in [0.15, 0.2) is 0 Å². The fraction of sp³-hybridized carbons (Fsp3) is 0.500. The standard InChI is InChI=1S/C28H33N5O.C2H4/c1-18-23-13-24(23)19(2)26-17-33(16-25(18)26)28(34)21-5-8-27(30-15-21)32-11-9-31(10-12-32)22-6-3-20(14-29)4-7-22;1-2/h3-8,15,18-19,23-26H,9-13,16-17H2,1-2H3;1-2H2. The first-order chi connectivity index (χ1) is 17.5. The number of amides is 1. The first kappa shape index (κ1) is 24.4. The second kappa shape index (κ2) is 9.97. The lowest BCUT2D eigenvalue weighted by Gasteiger charge is -2.36. The number of fused-ring (bicyclic) bond motifs is 2. The van der Waals surface area contributed by atoms with Crippen LogP contribution >= 0.6 is 0 Å². The molecule has 6 atom stereocenters. The summed E-state index contributed by atoms with van der Waals surface area (Å²) in [6, 6.07) is 13.9. The van der Waals surface area contributed by atoms with Crippen LogP contribution in [0.2, 0.25) is 0 Å². The minimum absolute atomic E-state index is 0.146. The van der Waals surface area contributed by atoms with Gasteiger partial charge in [-0.05, 0) is 78.3 Å². The summed E-state index contributed by atoms with van der Waals surface area (Å²) in [5.74, 6) is 5.75. The summed E-state index contributed by atoms with van der Waals surface area (Å²) >= 11 is 0. The van der Waals surface area contributed by atoms with E-state index >= 15 is 0 Å². The predicted molar refractivity (Wildman–Crippen MR) is 144 cm³/mol. The van der Waals surface area contributed by atoms with Crippen LogP contribution in [0.3, 0.4) is 0 Å². The highest BCUT2D eigenvalue weighted by atomic mass is 16.2. The zero-order chi connectivity index (χ0) is 25.4. The fourth-order valence-corrected chi connectivity index (χ4v) is 7.04. The molecule has 188 valence electrons. The van der Waals surface area contributed by atoms with Crippen molar-refractivity contribution in [3.05, 3.63) is 66.9 Å². The second-order valence-corrected chi connectivity index (χ2v) is 10.9. The maximum atomic E-state index is 13.3. The van der Waals surface area contributed by atoms with Crippen molar-refractivity contribution in [2.75, 3.05) is 49.1 Å². The molecule has 0 radical (unpaired) electrons. The van der Waals surface area contributed by atoms with Crippen LogP contribution in [-0.2, 0) is 0 Å². The Kier molecular flexibility index (Phi) is 6.75. The number of carbonyl (C=O) groups excluding carboxylic acids is 1. The van der Waals surface area contributed by atoms with E-state index in [2.05, 4.69) is 52.8 Å². The second-order valence-electron chi connectivity index (χ2n) is 10.9. The molecular formula is C30H37N5O. The molecule has 2 aliphatic carbocycles. The van der Waals surface area contributed by atoms with Crippen molar-refractivity contribution in [1.82, 2.24) is 9.88 Å². The van der Waals surface area contributed by atoms with Crippen molar-refractivity contribution < 1.29 is 4.79 Å². The van der Waals surface area contributed by atoms with Gasteiger partial charge in [-0.25, -0.2) is 4.98 Å². The summed E-state index contributed by atoms with van der Waals surface area (Å²) in [5.41, 5.74) is 2.55. The first-order valence-corrected chi connectivity index (χ1v) is 13.3. The highest BCUT2D eigenvalue weighted by Gasteiger charge is 2.57. The van der Waals surface area contributed by atoms with Crippen molar-refractivity contribution in [2.24, 2.45) is 35.5 Å². The molecule has 6 nitrogen and oxygen atoms in total. The van der Waals surface area contributed by atoms with E-state index in [9.17, 15) is 4.79 Å². The van der Waals surface area contributed by atoms with Gasteiger partial charge in [-0.2, -0.15) is 5.26 Å². The number of anilines is 2. The topological polar surface area (TPSA) is 63.5 Å². The van der Waals surface area contributed by atoms with Gasteiger partial charge in [-0.3, -0.25) is 4.79 Å². The molecule has 2 saturated carbocycles. The monoisotopic (exact) mass is 483 g/mol. The predicted octanol–water partition coefficient (Wildman–Crippen LogP) is 4.69. The number of rotatable bonds is 3. The Morgan fingerprint density at radius 1 is 0.889 bits per heavy atom. The maximum absolute atomic E-state index is 13.3. The third-order valence-corrected chi connectivity index (χ3v) is 9.25. The Bertz CT molecular complexity index is 1090. The van der Waals surface area contributed by atoms with Crippen LogP contribution in [-0.4, -0.2) is 55.1 Å². The Hall–Kier alpha value is -3.33. The van der Waals surface area contributed by atoms with Crippen molar-refractivity contribution in [2.45, 2.75) is 20.3 Å². The van der Waals surface area contributed by atoms with Gasteiger partial charge in [-0.1, -0.05) is 13.8 Å². The highest BCUT2D eigenvalue weighted by Crippen LogP contribution is 2.61. The number of pyridine rings is 1. The van der Waals surface area contributed by atoms with E-state index in [1.54, 1.807) is 6.20 Å². The average Bonchev–Trinajstić information content (AvgIpc) is 3.63. The summed E-state index contributed by atoms with van der Waals surface area (Å²) in [4.78, 5) is 24.7. The van der Waals surface area contributed by atoms with E-state index in [1.165, 1.54) is 6.42 Å². The molecule has 0 bridgehead atoms. The zero-order valence-corrected chi connectivity index (χ0v) is 21.5. The van der Waals surface area contributed by atoms with Crippen molar-refractivity contribution in [3.63, 3.8) is 0 Å². The normalized spacial score (nSPS) is 30.4. The van der Waals surface area contributed by atoms with E-state index in [0.29, 0.717) is 23.0 Å². The number of nitrogens with zero attached hydrogens (tertiary/aromatic N) is 5. The SMILES string of the molecule is C=C.CC1C2CC2C(C)C2CN(C(=O)c3ccc(N4CCN(c5ccc(C#N)cc5)CC4)nc3)CC12. The lowest BCUT2D eigenvalue weighted by Crippen LogP contribution is -2.46. The Labute approximate surface area is 215 Å². The van der Waals surface area contributed by atoms with Gasteiger partial charge in [0.05, 0.1) is 17.2 Å². The quantitative estimate of drug-likeness (QED) is 0.593. The van der Waals surface area contributed by atoms with Gasteiger partial charge in [0, 0.05) is 51.2 Å². The Morgan fingerprint density at radius 3 is 2.00 bits per heavy atom. The Balaban J connectivity index is 0.00000130. The smallest absolute Gasteiger partial charge is 0.255 e. The molecule has 3 heterocycles. The number of piperazine rings is 1. The maximum Gasteiger partial charge on any atom is 0.255 e. The molecule has 1 aromatic heterocycles. The molecule has 1 aromatic carbocycles. The van der Waals surface area contributed by atoms with E-state index in [1.807, 2.05) is 36.4 Å². The molecule has 0 spiro atoms. The van der Waals surface area contributed by atoms with Crippen molar-refractivity contribution in [3.8, 4) is 6.07 Å². The van der Waals surface area contributed by atoms with Crippen LogP contribution in [0.5, 0.6) is 0 Å². The minimum atomic E-state index is 0.146. The molecule has 6 unspecified atom stereocenters. The summed E-state index contributed by atoms with van der Waals surface area (Å²) in [7, 11) is 0. The molecule has 6 heteroatoms. The third kappa shape index (κ3) is 4.36. The molecular weight excluding hydrogens is 446 g/mol. The third-order valence-electron chi connectivity index (χ3n) is 9.25. The van der Waals surface area contributed by atoms with E-state index < -0.39 is 0 Å². The van der Waals surface area contributed by atoms with Crippen LogP contribution < -0.4 is 9.80 Å². The van der Waals surface area contributed by atoms with Gasteiger partial charge in [0.25, 0.3) is 5.91 Å². The number of carbonyl (C=O) groups is 1. The van der Waals surface area contributed by atoms with Gasteiger partial charge < -0.3 is 14.7 Å². The van der Waals surface area contributed by atoms with Gasteiger partial charge in [-0.15, -0.1) is 13.2 Å². The van der Waals surface area contributed by atoms with E-state index in [4.69, 9.17) is 5.26 Å². The molecule has 0 N–H and O–H groups in total. The number of aromatic nitrogens is 1. The zero-order valence-electron chi connectivity index (χ0n) is 21.5. The molecule has 4 fully saturated rings. The van der Waals surface area contributed by atoms with E-state index in [-0.39, 0.29) is 5.91 Å². The molecule has 4 aliphatic rings. The largest absolute Gasteiger partial charge is 0.368 e. The molecule has 6 rings (SSSR count). The number of hydrogen-bond acceptors (Lipinski definition) is 5. The van der Waals surface area contributed by atoms with Crippen LogP contribution in [0.4, 0.5) is 11.5 Å². The van der Waals surface area contributed by atoms with Crippen molar-refractivity contribution >= 4 is 17.4 Å². The molecule has 36 heavy (non-hydrogen) atoms. The lowest BCUT2D eigenvalue weighted by molar-refractivity contribution is 0.0780. The summed E-state index contributed by atoms with van der Waals surface area (Å²) < 4.78 is 0. The van der Waals surface area contributed by atoms with Gasteiger partial charge in [0.1, 0.15) is 5.82 Å². The number of nitriles is 1. The summed E-state index contributed by atoms with van der Waals surface area (Å²) in [6.07, 6.45) is 3.19. The van der Waals surface area contributed by atoms with Crippen LogP contribution in [0.1, 0.15) is 36.2 Å². The molecule has 2 saturated heterocycles. The number of likely N-dealkylation sites (tertiary alicyclic amines) is 1. The first-order valence-electron chi connectivity index (χ1n) is 13.3. The average molecular weight is 484 g/mol. The highest BCUT2D eigenvalue weighted by molar-refractivity contribution is 5.94. The molecule has 2 aromatic rings. The van der Waals surface area contributed by atoms with E-state index in [0.717, 1.165) is 74.4 Å². The van der Waals surface area contributed by atoms with Crippen LogP contribution in [0.15, 0.2) is 55.8 Å². The van der Waals surface area contributed by atoms with Crippen LogP contribution in [0.25, 0.3) is 0 Å². The molecule has 2 aliphatic heterocycles. The van der Waals surface area contributed by atoms with Gasteiger partial charge >= 0.3 is 0 Å².